The van der Waals surface area contributed by atoms with Crippen LogP contribution in [0.1, 0.15) is 40.9 Å². The molecule has 2 unspecified atom stereocenters. The predicted octanol–water partition coefficient (Wildman–Crippen LogP) is 4.03. The number of nitrogens with one attached hydrogen (secondary N) is 1. The van der Waals surface area contributed by atoms with Crippen molar-refractivity contribution in [2.75, 3.05) is 13.1 Å². The van der Waals surface area contributed by atoms with Crippen molar-refractivity contribution in [1.29, 1.82) is 0 Å². The molecule has 2 aliphatic heterocycles. The fourth-order valence-electron chi connectivity index (χ4n) is 4.49. The Morgan fingerprint density at radius 3 is 2.77 bits per heavy atom. The molecule has 6 nitrogen and oxygen atoms in total. The van der Waals surface area contributed by atoms with Crippen molar-refractivity contribution < 1.29 is 9.53 Å². The summed E-state index contributed by atoms with van der Waals surface area (Å²) in [5, 5.41) is 3.63. The Labute approximate surface area is 194 Å². The molecule has 2 aromatic heterocycles. The van der Waals surface area contributed by atoms with Crippen molar-refractivity contribution in [3.63, 3.8) is 0 Å². The molecule has 3 aromatic rings. The van der Waals surface area contributed by atoms with Crippen LogP contribution in [0.25, 0.3) is 5.65 Å². The second kappa shape index (κ2) is 9.90. The van der Waals surface area contributed by atoms with E-state index in [1.165, 1.54) is 6.42 Å². The molecule has 1 N–H and O–H groups in total. The Balaban J connectivity index is 0.00000136. The number of benzene rings is 1. The molecule has 2 aliphatic rings. The summed E-state index contributed by atoms with van der Waals surface area (Å²) in [4.78, 5) is 19.9. The van der Waals surface area contributed by atoms with Crippen LogP contribution in [0.3, 0.4) is 0 Å². The van der Waals surface area contributed by atoms with Crippen LogP contribution in [0.15, 0.2) is 48.8 Å². The molecule has 1 aromatic carbocycles. The Morgan fingerprint density at radius 1 is 1.13 bits per heavy atom. The molecule has 166 valence electrons. The number of aromatic nitrogens is 2. The summed E-state index contributed by atoms with van der Waals surface area (Å²) in [5.74, 6) is 0.675. The number of nitrogens with zero attached hydrogens (tertiary/aromatic N) is 3. The van der Waals surface area contributed by atoms with E-state index in [9.17, 15) is 4.79 Å². The second-order valence-corrected chi connectivity index (χ2v) is 8.12. The Morgan fingerprint density at radius 2 is 1.94 bits per heavy atom. The minimum absolute atomic E-state index is 0. The molecule has 31 heavy (non-hydrogen) atoms. The van der Waals surface area contributed by atoms with E-state index in [4.69, 9.17) is 4.74 Å². The second-order valence-electron chi connectivity index (χ2n) is 8.12. The number of amides is 1. The molecule has 0 aliphatic carbocycles. The van der Waals surface area contributed by atoms with Gasteiger partial charge in [-0.3, -0.25) is 4.79 Å². The molecule has 5 rings (SSSR count). The highest BCUT2D eigenvalue weighted by Crippen LogP contribution is 2.25. The van der Waals surface area contributed by atoms with Gasteiger partial charge in [0.05, 0.1) is 11.3 Å². The van der Waals surface area contributed by atoms with Gasteiger partial charge < -0.3 is 19.4 Å². The molecule has 2 bridgehead atoms. The lowest BCUT2D eigenvalue weighted by Crippen LogP contribution is -2.39. The number of hydrogen-bond donors (Lipinski definition) is 1. The van der Waals surface area contributed by atoms with Crippen LogP contribution in [0.5, 0.6) is 5.75 Å². The molecule has 2 atom stereocenters. The van der Waals surface area contributed by atoms with Gasteiger partial charge in [0, 0.05) is 37.6 Å². The fourth-order valence-corrected chi connectivity index (χ4v) is 4.49. The third-order valence-corrected chi connectivity index (χ3v) is 6.03. The number of likely N-dealkylation sites (tertiary alicyclic amines) is 1. The van der Waals surface area contributed by atoms with Gasteiger partial charge in [0.2, 0.25) is 0 Å². The van der Waals surface area contributed by atoms with Crippen LogP contribution in [-0.4, -0.2) is 45.4 Å². The van der Waals surface area contributed by atoms with Crippen LogP contribution < -0.4 is 10.1 Å². The van der Waals surface area contributed by atoms with E-state index in [0.29, 0.717) is 30.0 Å². The molecule has 0 spiro atoms. The maximum atomic E-state index is 13.2. The summed E-state index contributed by atoms with van der Waals surface area (Å²) in [6.07, 6.45) is 7.36. The summed E-state index contributed by atoms with van der Waals surface area (Å²) < 4.78 is 8.06. The lowest BCUT2D eigenvalue weighted by atomic mass is 10.1. The highest BCUT2D eigenvalue weighted by Gasteiger charge is 2.32. The number of rotatable bonds is 4. The molecule has 8 heteroatoms. The zero-order valence-corrected chi connectivity index (χ0v) is 19.1. The standard InChI is InChI=1S/C23H26N4O2.2ClH/c1-16-5-4-11-26-14-19(25-22(16)26)15-29-21-7-3-2-6-20(21)23(28)27-12-10-17-8-9-18(13-27)24-17;;/h2-7,11,14,17-18,24H,8-10,12-13,15H2,1H3;2*1H. The van der Waals surface area contributed by atoms with E-state index in [0.717, 1.165) is 42.8 Å². The number of carbonyl (C=O) groups is 1. The largest absolute Gasteiger partial charge is 0.486 e. The zero-order chi connectivity index (χ0) is 19.8. The maximum absolute atomic E-state index is 13.2. The van der Waals surface area contributed by atoms with Crippen LogP contribution >= 0.6 is 24.8 Å². The van der Waals surface area contributed by atoms with Crippen molar-refractivity contribution in [1.82, 2.24) is 19.6 Å². The molecule has 4 heterocycles. The normalized spacial score (nSPS) is 20.0. The SMILES string of the molecule is Cc1cccn2cc(COc3ccccc3C(=O)N3CCC4CCC(C3)N4)nc12.Cl.Cl. The number of para-hydroxylation sites is 1. The number of halogens is 2. The number of aryl methyl sites for hydroxylation is 1. The molecule has 0 saturated carbocycles. The summed E-state index contributed by atoms with van der Waals surface area (Å²) in [6.45, 7) is 3.95. The van der Waals surface area contributed by atoms with Gasteiger partial charge in [-0.25, -0.2) is 4.98 Å². The van der Waals surface area contributed by atoms with E-state index in [-0.39, 0.29) is 30.7 Å². The van der Waals surface area contributed by atoms with Crippen molar-refractivity contribution in [2.45, 2.75) is 44.9 Å². The highest BCUT2D eigenvalue weighted by atomic mass is 35.5. The third-order valence-electron chi connectivity index (χ3n) is 6.03. The first kappa shape index (κ1) is 23.4. The van der Waals surface area contributed by atoms with Crippen LogP contribution in [0.4, 0.5) is 0 Å². The molecular weight excluding hydrogens is 435 g/mol. The van der Waals surface area contributed by atoms with E-state index >= 15 is 0 Å². The summed E-state index contributed by atoms with van der Waals surface area (Å²) in [6, 6.07) is 12.6. The predicted molar refractivity (Wildman–Crippen MR) is 126 cm³/mol. The number of ether oxygens (including phenoxy) is 1. The number of hydrogen-bond acceptors (Lipinski definition) is 4. The van der Waals surface area contributed by atoms with Gasteiger partial charge in [-0.05, 0) is 49.9 Å². The van der Waals surface area contributed by atoms with Crippen LogP contribution in [-0.2, 0) is 6.61 Å². The quantitative estimate of drug-likeness (QED) is 0.635. The monoisotopic (exact) mass is 462 g/mol. The first-order valence-corrected chi connectivity index (χ1v) is 10.4. The number of carbonyl (C=O) groups excluding carboxylic acids is 1. The van der Waals surface area contributed by atoms with Gasteiger partial charge >= 0.3 is 0 Å². The number of fused-ring (bicyclic) bond motifs is 3. The van der Waals surface area contributed by atoms with Gasteiger partial charge in [-0.15, -0.1) is 24.8 Å². The molecule has 2 fully saturated rings. The van der Waals surface area contributed by atoms with E-state index in [1.807, 2.05) is 65.0 Å². The van der Waals surface area contributed by atoms with Gasteiger partial charge in [0.25, 0.3) is 5.91 Å². The van der Waals surface area contributed by atoms with Crippen molar-refractivity contribution in [2.24, 2.45) is 0 Å². The first-order valence-electron chi connectivity index (χ1n) is 10.4. The molecule has 1 amide bonds. The van der Waals surface area contributed by atoms with Crippen LogP contribution in [0.2, 0.25) is 0 Å². The lowest BCUT2D eigenvalue weighted by molar-refractivity contribution is 0.0743. The van der Waals surface area contributed by atoms with Crippen molar-refractivity contribution in [3.8, 4) is 5.75 Å². The summed E-state index contributed by atoms with van der Waals surface area (Å²) in [7, 11) is 0. The van der Waals surface area contributed by atoms with Gasteiger partial charge in [0.15, 0.2) is 0 Å². The summed E-state index contributed by atoms with van der Waals surface area (Å²) >= 11 is 0. The Hall–Kier alpha value is -2.28. The minimum Gasteiger partial charge on any atom is -0.486 e. The lowest BCUT2D eigenvalue weighted by Gasteiger charge is -2.25. The van der Waals surface area contributed by atoms with Gasteiger partial charge in [0.1, 0.15) is 18.0 Å². The van der Waals surface area contributed by atoms with E-state index < -0.39 is 0 Å². The van der Waals surface area contributed by atoms with Crippen molar-refractivity contribution in [3.05, 3.63) is 65.6 Å². The van der Waals surface area contributed by atoms with E-state index in [1.54, 1.807) is 0 Å². The summed E-state index contributed by atoms with van der Waals surface area (Å²) in [5.41, 5.74) is 3.53. The third kappa shape index (κ3) is 4.81. The first-order chi connectivity index (χ1) is 14.2. The van der Waals surface area contributed by atoms with Gasteiger partial charge in [-0.2, -0.15) is 0 Å². The minimum atomic E-state index is 0. The average molecular weight is 463 g/mol. The van der Waals surface area contributed by atoms with E-state index in [2.05, 4.69) is 10.3 Å². The number of imidazole rings is 1. The van der Waals surface area contributed by atoms with Gasteiger partial charge in [-0.1, -0.05) is 18.2 Å². The Kier molecular flexibility index (Phi) is 7.46. The van der Waals surface area contributed by atoms with Crippen LogP contribution in [0, 0.1) is 6.92 Å². The molecular formula is C23H28Cl2N4O2. The highest BCUT2D eigenvalue weighted by molar-refractivity contribution is 5.97. The molecule has 0 radical (unpaired) electrons. The fraction of sp³-hybridized carbons (Fsp3) is 0.391. The smallest absolute Gasteiger partial charge is 0.257 e. The average Bonchev–Trinajstić information content (AvgIpc) is 3.29. The number of pyridine rings is 1. The maximum Gasteiger partial charge on any atom is 0.257 e. The topological polar surface area (TPSA) is 58.9 Å². The van der Waals surface area contributed by atoms with Crippen molar-refractivity contribution >= 4 is 36.4 Å². The zero-order valence-electron chi connectivity index (χ0n) is 17.5. The molecule has 2 saturated heterocycles. The Bertz CT molecular complexity index is 1050.